The van der Waals surface area contributed by atoms with Crippen molar-refractivity contribution in [2.75, 3.05) is 14.1 Å². The van der Waals surface area contributed by atoms with Crippen molar-refractivity contribution in [2.24, 2.45) is 7.05 Å². The minimum Gasteiger partial charge on any atom is -0.350 e. The number of aryl methyl sites for hydroxylation is 1. The molecule has 1 heterocycles. The van der Waals surface area contributed by atoms with Crippen molar-refractivity contribution in [1.29, 1.82) is 0 Å². The summed E-state index contributed by atoms with van der Waals surface area (Å²) in [5.41, 5.74) is 2.55. The molecule has 1 unspecified atom stereocenters. The van der Waals surface area contributed by atoms with E-state index in [0.29, 0.717) is 6.42 Å². The van der Waals surface area contributed by atoms with Crippen LogP contribution in [0, 0.1) is 0 Å². The van der Waals surface area contributed by atoms with Crippen LogP contribution in [0.5, 0.6) is 0 Å². The molecule has 2 rings (SSSR count). The standard InChI is InChI=1S/C16H22N2O/c1-12(19)9-10-15(17(2)3)14-11-18(4)16-8-6-5-7-13(14)16/h5-8,11,15H,9-10H2,1-4H3. The summed E-state index contributed by atoms with van der Waals surface area (Å²) in [4.78, 5) is 13.4. The number of nitrogens with zero attached hydrogens (tertiary/aromatic N) is 2. The van der Waals surface area contributed by atoms with E-state index < -0.39 is 0 Å². The van der Waals surface area contributed by atoms with E-state index in [9.17, 15) is 4.79 Å². The van der Waals surface area contributed by atoms with Crippen molar-refractivity contribution in [1.82, 2.24) is 9.47 Å². The van der Waals surface area contributed by atoms with E-state index in [1.165, 1.54) is 16.5 Å². The fourth-order valence-electron chi connectivity index (χ4n) is 2.67. The normalized spacial score (nSPS) is 13.1. The second kappa shape index (κ2) is 5.57. The van der Waals surface area contributed by atoms with Gasteiger partial charge in [0.2, 0.25) is 0 Å². The second-order valence-electron chi connectivity index (χ2n) is 5.43. The van der Waals surface area contributed by atoms with Crippen LogP contribution in [0.25, 0.3) is 10.9 Å². The summed E-state index contributed by atoms with van der Waals surface area (Å²) >= 11 is 0. The van der Waals surface area contributed by atoms with Crippen molar-refractivity contribution >= 4 is 16.7 Å². The van der Waals surface area contributed by atoms with Gasteiger partial charge in [-0.2, -0.15) is 0 Å². The lowest BCUT2D eigenvalue weighted by Crippen LogP contribution is -2.20. The average molecular weight is 258 g/mol. The summed E-state index contributed by atoms with van der Waals surface area (Å²) in [6.45, 7) is 1.66. The highest BCUT2D eigenvalue weighted by molar-refractivity contribution is 5.84. The van der Waals surface area contributed by atoms with Gasteiger partial charge in [-0.05, 0) is 39.1 Å². The minimum absolute atomic E-state index is 0.257. The summed E-state index contributed by atoms with van der Waals surface area (Å²) in [6.07, 6.45) is 3.69. The number of carbonyl (C=O) groups is 1. The van der Waals surface area contributed by atoms with Crippen molar-refractivity contribution in [3.63, 3.8) is 0 Å². The summed E-state index contributed by atoms with van der Waals surface area (Å²) < 4.78 is 2.16. The molecule has 2 aromatic rings. The van der Waals surface area contributed by atoms with Crippen molar-refractivity contribution in [3.8, 4) is 0 Å². The third kappa shape index (κ3) is 2.87. The Bertz CT molecular complexity index is 583. The van der Waals surface area contributed by atoms with Crippen LogP contribution in [0.4, 0.5) is 0 Å². The highest BCUT2D eigenvalue weighted by atomic mass is 16.1. The van der Waals surface area contributed by atoms with Gasteiger partial charge in [0, 0.05) is 36.6 Å². The zero-order valence-electron chi connectivity index (χ0n) is 12.2. The predicted octanol–water partition coefficient (Wildman–Crippen LogP) is 3.15. The molecule has 0 saturated carbocycles. The van der Waals surface area contributed by atoms with E-state index in [2.05, 4.69) is 61.1 Å². The fourth-order valence-corrected chi connectivity index (χ4v) is 2.67. The molecule has 19 heavy (non-hydrogen) atoms. The molecule has 0 N–H and O–H groups in total. The van der Waals surface area contributed by atoms with Gasteiger partial charge < -0.3 is 14.3 Å². The zero-order chi connectivity index (χ0) is 14.0. The smallest absolute Gasteiger partial charge is 0.129 e. The second-order valence-corrected chi connectivity index (χ2v) is 5.43. The molecule has 0 aliphatic rings. The quantitative estimate of drug-likeness (QED) is 0.823. The van der Waals surface area contributed by atoms with Gasteiger partial charge in [-0.15, -0.1) is 0 Å². The lowest BCUT2D eigenvalue weighted by Gasteiger charge is -2.23. The van der Waals surface area contributed by atoms with Crippen LogP contribution < -0.4 is 0 Å². The molecule has 0 amide bonds. The van der Waals surface area contributed by atoms with Crippen molar-refractivity contribution in [2.45, 2.75) is 25.8 Å². The van der Waals surface area contributed by atoms with Crippen LogP contribution in [0.3, 0.4) is 0 Å². The first-order chi connectivity index (χ1) is 9.00. The third-order valence-electron chi connectivity index (χ3n) is 3.68. The molecule has 0 radical (unpaired) electrons. The number of carbonyl (C=O) groups excluding carboxylic acids is 1. The Kier molecular flexibility index (Phi) is 4.05. The number of para-hydroxylation sites is 1. The fraction of sp³-hybridized carbons (Fsp3) is 0.438. The van der Waals surface area contributed by atoms with Gasteiger partial charge in [-0.1, -0.05) is 18.2 Å². The Morgan fingerprint density at radius 1 is 1.32 bits per heavy atom. The largest absolute Gasteiger partial charge is 0.350 e. The first kappa shape index (κ1) is 13.8. The first-order valence-electron chi connectivity index (χ1n) is 6.70. The van der Waals surface area contributed by atoms with Gasteiger partial charge in [-0.25, -0.2) is 0 Å². The molecular weight excluding hydrogens is 236 g/mol. The van der Waals surface area contributed by atoms with Gasteiger partial charge in [-0.3, -0.25) is 0 Å². The number of fused-ring (bicyclic) bond motifs is 1. The lowest BCUT2D eigenvalue weighted by molar-refractivity contribution is -0.117. The molecular formula is C16H22N2O. The van der Waals surface area contributed by atoms with E-state index in [-0.39, 0.29) is 11.8 Å². The molecule has 3 nitrogen and oxygen atoms in total. The van der Waals surface area contributed by atoms with Crippen LogP contribution in [-0.2, 0) is 11.8 Å². The highest BCUT2D eigenvalue weighted by Crippen LogP contribution is 2.31. The Morgan fingerprint density at radius 3 is 2.63 bits per heavy atom. The molecule has 3 heteroatoms. The van der Waals surface area contributed by atoms with Crippen LogP contribution in [-0.4, -0.2) is 29.3 Å². The van der Waals surface area contributed by atoms with E-state index >= 15 is 0 Å². The topological polar surface area (TPSA) is 25.2 Å². The molecule has 102 valence electrons. The Morgan fingerprint density at radius 2 is 2.00 bits per heavy atom. The van der Waals surface area contributed by atoms with Crippen LogP contribution >= 0.6 is 0 Å². The number of hydrogen-bond acceptors (Lipinski definition) is 2. The Hall–Kier alpha value is -1.61. The third-order valence-corrected chi connectivity index (χ3v) is 3.68. The summed E-state index contributed by atoms with van der Waals surface area (Å²) in [5, 5.41) is 1.28. The maximum absolute atomic E-state index is 11.2. The molecule has 0 aliphatic carbocycles. The van der Waals surface area contributed by atoms with E-state index in [0.717, 1.165) is 6.42 Å². The Balaban J connectivity index is 2.41. The van der Waals surface area contributed by atoms with Crippen LogP contribution in [0.2, 0.25) is 0 Å². The number of rotatable bonds is 5. The van der Waals surface area contributed by atoms with Gasteiger partial charge in [0.05, 0.1) is 0 Å². The number of Topliss-reactive ketones (excluding diaryl/α,β-unsaturated/α-hetero) is 1. The highest BCUT2D eigenvalue weighted by Gasteiger charge is 2.19. The number of hydrogen-bond donors (Lipinski definition) is 0. The maximum Gasteiger partial charge on any atom is 0.129 e. The van der Waals surface area contributed by atoms with Gasteiger partial charge >= 0.3 is 0 Å². The van der Waals surface area contributed by atoms with Crippen LogP contribution in [0.15, 0.2) is 30.5 Å². The van der Waals surface area contributed by atoms with E-state index in [4.69, 9.17) is 0 Å². The van der Waals surface area contributed by atoms with Crippen molar-refractivity contribution < 1.29 is 4.79 Å². The van der Waals surface area contributed by atoms with E-state index in [1.54, 1.807) is 6.92 Å². The predicted molar refractivity (Wildman–Crippen MR) is 79.3 cm³/mol. The number of ketones is 1. The summed E-state index contributed by atoms with van der Waals surface area (Å²) in [6, 6.07) is 8.72. The summed E-state index contributed by atoms with van der Waals surface area (Å²) in [7, 11) is 6.22. The molecule has 0 saturated heterocycles. The summed E-state index contributed by atoms with van der Waals surface area (Å²) in [5.74, 6) is 0.257. The van der Waals surface area contributed by atoms with Gasteiger partial charge in [0.15, 0.2) is 0 Å². The molecule has 0 aliphatic heterocycles. The van der Waals surface area contributed by atoms with Crippen molar-refractivity contribution in [3.05, 3.63) is 36.0 Å². The molecule has 1 aromatic heterocycles. The van der Waals surface area contributed by atoms with E-state index in [1.807, 2.05) is 0 Å². The molecule has 0 bridgehead atoms. The average Bonchev–Trinajstić information content (AvgIpc) is 2.67. The first-order valence-corrected chi connectivity index (χ1v) is 6.70. The maximum atomic E-state index is 11.2. The number of aromatic nitrogens is 1. The SMILES string of the molecule is CC(=O)CCC(c1cn(C)c2ccccc12)N(C)C. The van der Waals surface area contributed by atoms with Gasteiger partial charge in [0.1, 0.15) is 5.78 Å². The van der Waals surface area contributed by atoms with Crippen LogP contribution in [0.1, 0.15) is 31.4 Å². The molecule has 1 aromatic carbocycles. The molecule has 0 spiro atoms. The Labute approximate surface area is 114 Å². The molecule has 0 fully saturated rings. The minimum atomic E-state index is 0.257. The monoisotopic (exact) mass is 258 g/mol. The number of benzene rings is 1. The van der Waals surface area contributed by atoms with Gasteiger partial charge in [0.25, 0.3) is 0 Å². The molecule has 1 atom stereocenters. The zero-order valence-corrected chi connectivity index (χ0v) is 12.2. The lowest BCUT2D eigenvalue weighted by atomic mass is 9.99.